The lowest BCUT2D eigenvalue weighted by Gasteiger charge is -2.44. The Morgan fingerprint density at radius 3 is 2.56 bits per heavy atom. The molecule has 6 heteroatoms. The van der Waals surface area contributed by atoms with Gasteiger partial charge in [-0.05, 0) is 85.5 Å². The Labute approximate surface area is 188 Å². The molecule has 0 aromatic heterocycles. The molecule has 0 radical (unpaired) electrons. The van der Waals surface area contributed by atoms with E-state index >= 15 is 0 Å². The predicted octanol–water partition coefficient (Wildman–Crippen LogP) is 4.32. The second-order valence-electron chi connectivity index (χ2n) is 9.44. The first-order chi connectivity index (χ1) is 15.7. The van der Waals surface area contributed by atoms with E-state index in [1.807, 2.05) is 6.07 Å². The molecule has 2 atom stereocenters. The molecule has 4 heterocycles. The van der Waals surface area contributed by atoms with Crippen LogP contribution in [0.3, 0.4) is 0 Å². The maximum Gasteiger partial charge on any atom is 0.407 e. The molecule has 0 spiro atoms. The van der Waals surface area contributed by atoms with Crippen molar-refractivity contribution in [2.75, 3.05) is 32.8 Å². The van der Waals surface area contributed by atoms with E-state index in [1.165, 1.54) is 11.1 Å². The molecule has 4 aliphatic heterocycles. The van der Waals surface area contributed by atoms with Crippen LogP contribution in [0.25, 0.3) is 11.1 Å². The first-order valence-electron chi connectivity index (χ1n) is 12.0. The van der Waals surface area contributed by atoms with Gasteiger partial charge in [0.2, 0.25) is 0 Å². The van der Waals surface area contributed by atoms with Crippen LogP contribution in [0.4, 0.5) is 4.79 Å². The van der Waals surface area contributed by atoms with Crippen molar-refractivity contribution in [3.63, 3.8) is 0 Å². The number of ether oxygens (including phenoxy) is 3. The van der Waals surface area contributed by atoms with Gasteiger partial charge in [-0.2, -0.15) is 0 Å². The van der Waals surface area contributed by atoms with Gasteiger partial charge in [0, 0.05) is 6.54 Å². The Kier molecular flexibility index (Phi) is 5.18. The van der Waals surface area contributed by atoms with Crippen LogP contribution in [-0.4, -0.2) is 49.9 Å². The molecule has 7 rings (SSSR count). The number of nitrogens with zero attached hydrogens (tertiary/aromatic N) is 1. The number of rotatable bonds is 3. The number of piperidine rings is 3. The van der Waals surface area contributed by atoms with Crippen LogP contribution in [0.5, 0.6) is 11.5 Å². The Morgan fingerprint density at radius 2 is 1.75 bits per heavy atom. The van der Waals surface area contributed by atoms with Gasteiger partial charge in [0.05, 0.1) is 6.04 Å². The van der Waals surface area contributed by atoms with Gasteiger partial charge < -0.3 is 19.5 Å². The minimum Gasteiger partial charge on any atom is -0.486 e. The number of alkyl carbamates (subject to hydrolysis) is 1. The zero-order valence-electron chi connectivity index (χ0n) is 18.3. The molecule has 3 fully saturated rings. The summed E-state index contributed by atoms with van der Waals surface area (Å²) in [4.78, 5) is 15.1. The quantitative estimate of drug-likeness (QED) is 0.780. The van der Waals surface area contributed by atoms with E-state index in [0.717, 1.165) is 74.4 Å². The molecule has 0 saturated carbocycles. The third-order valence-corrected chi connectivity index (χ3v) is 7.48. The first kappa shape index (κ1) is 19.9. The number of carbonyl (C=O) groups excluding carboxylic acids is 1. The van der Waals surface area contributed by atoms with Gasteiger partial charge in [0.1, 0.15) is 19.3 Å². The fourth-order valence-corrected chi connectivity index (χ4v) is 5.72. The summed E-state index contributed by atoms with van der Waals surface area (Å²) in [6, 6.07) is 12.7. The van der Waals surface area contributed by atoms with E-state index in [4.69, 9.17) is 14.2 Å². The van der Waals surface area contributed by atoms with Crippen molar-refractivity contribution >= 4 is 6.09 Å². The van der Waals surface area contributed by atoms with Gasteiger partial charge in [0.15, 0.2) is 11.5 Å². The molecule has 1 aliphatic carbocycles. The number of aryl methyl sites for hydroxylation is 1. The van der Waals surface area contributed by atoms with Gasteiger partial charge in [0.25, 0.3) is 0 Å². The Hall–Kier alpha value is -2.73. The molecule has 1 unspecified atom stereocenters. The van der Waals surface area contributed by atoms with E-state index in [0.29, 0.717) is 19.1 Å². The summed E-state index contributed by atoms with van der Waals surface area (Å²) < 4.78 is 17.3. The largest absolute Gasteiger partial charge is 0.486 e. The molecular weight excluding hydrogens is 404 g/mol. The molecule has 1 amide bonds. The minimum atomic E-state index is -0.266. The zero-order chi connectivity index (χ0) is 21.5. The highest BCUT2D eigenvalue weighted by Gasteiger charge is 2.37. The normalized spacial score (nSPS) is 28.0. The van der Waals surface area contributed by atoms with E-state index < -0.39 is 0 Å². The van der Waals surface area contributed by atoms with Crippen LogP contribution in [0, 0.1) is 5.92 Å². The lowest BCUT2D eigenvalue weighted by molar-refractivity contribution is -0.0340. The molecule has 5 aliphatic rings. The second kappa shape index (κ2) is 8.32. The summed E-state index contributed by atoms with van der Waals surface area (Å²) in [5.41, 5.74) is 4.80. The average Bonchev–Trinajstić information content (AvgIpc) is 2.84. The minimum absolute atomic E-state index is 0.0154. The summed E-state index contributed by atoms with van der Waals surface area (Å²) in [6.45, 7) is 4.37. The van der Waals surface area contributed by atoms with E-state index in [1.54, 1.807) is 0 Å². The molecule has 3 saturated heterocycles. The van der Waals surface area contributed by atoms with Crippen molar-refractivity contribution < 1.29 is 19.0 Å². The van der Waals surface area contributed by atoms with E-state index in [9.17, 15) is 4.79 Å². The Balaban J connectivity index is 1.16. The molecule has 2 aromatic carbocycles. The van der Waals surface area contributed by atoms with E-state index in [2.05, 4.69) is 40.5 Å². The predicted molar refractivity (Wildman–Crippen MR) is 121 cm³/mol. The summed E-state index contributed by atoms with van der Waals surface area (Å²) in [7, 11) is 0. The second-order valence-corrected chi connectivity index (χ2v) is 9.44. The summed E-state index contributed by atoms with van der Waals surface area (Å²) >= 11 is 0. The molecule has 2 aromatic rings. The summed E-state index contributed by atoms with van der Waals surface area (Å²) in [5, 5.41) is 3.17. The van der Waals surface area contributed by atoms with Gasteiger partial charge in [-0.3, -0.25) is 4.90 Å². The van der Waals surface area contributed by atoms with Gasteiger partial charge in [-0.15, -0.1) is 0 Å². The van der Waals surface area contributed by atoms with E-state index in [-0.39, 0.29) is 18.2 Å². The highest BCUT2D eigenvalue weighted by Crippen LogP contribution is 2.37. The molecule has 168 valence electrons. The number of fused-ring (bicyclic) bond motifs is 5. The Morgan fingerprint density at radius 1 is 0.969 bits per heavy atom. The van der Waals surface area contributed by atoms with Crippen molar-refractivity contribution in [2.24, 2.45) is 5.92 Å². The SMILES string of the molecule is O=C(NC1CCCc2cc(-c3ccc4c(c3)OCCO4)ccc21)O[C@@H]1CN2CCC1CC2. The van der Waals surface area contributed by atoms with Gasteiger partial charge in [-0.1, -0.05) is 24.3 Å². The molecule has 2 bridgehead atoms. The number of hydrogen-bond donors (Lipinski definition) is 1. The number of hydrogen-bond acceptors (Lipinski definition) is 5. The third kappa shape index (κ3) is 3.81. The maximum atomic E-state index is 12.7. The van der Waals surface area contributed by atoms with Gasteiger partial charge in [-0.25, -0.2) is 4.79 Å². The average molecular weight is 435 g/mol. The fraction of sp³-hybridized carbons (Fsp3) is 0.500. The highest BCUT2D eigenvalue weighted by atomic mass is 16.6. The van der Waals surface area contributed by atoms with Crippen molar-refractivity contribution in [3.8, 4) is 22.6 Å². The smallest absolute Gasteiger partial charge is 0.407 e. The van der Waals surface area contributed by atoms with Crippen LogP contribution in [0.2, 0.25) is 0 Å². The topological polar surface area (TPSA) is 60.0 Å². The molecular formula is C26H30N2O4. The molecule has 6 nitrogen and oxygen atoms in total. The monoisotopic (exact) mass is 434 g/mol. The Bertz CT molecular complexity index is 1010. The third-order valence-electron chi connectivity index (χ3n) is 7.48. The van der Waals surface area contributed by atoms with Gasteiger partial charge >= 0.3 is 6.09 Å². The molecule has 32 heavy (non-hydrogen) atoms. The standard InChI is InChI=1S/C26H30N2O4/c29-26(32-25-16-28-10-8-17(25)9-11-28)27-22-3-1-2-20-14-18(4-6-21(20)22)19-5-7-23-24(15-19)31-13-12-30-23/h4-7,14-15,17,22,25H,1-3,8-13,16H2,(H,27,29)/t22?,25-/m1/s1. The lowest BCUT2D eigenvalue weighted by atomic mass is 9.85. The number of nitrogens with one attached hydrogen (secondary N) is 1. The summed E-state index contributed by atoms with van der Waals surface area (Å²) in [6.07, 6.45) is 5.10. The van der Waals surface area contributed by atoms with Crippen molar-refractivity contribution in [1.29, 1.82) is 0 Å². The van der Waals surface area contributed by atoms with Crippen LogP contribution in [-0.2, 0) is 11.2 Å². The maximum absolute atomic E-state index is 12.7. The summed E-state index contributed by atoms with van der Waals surface area (Å²) in [5.74, 6) is 2.14. The fourth-order valence-electron chi connectivity index (χ4n) is 5.72. The van der Waals surface area contributed by atoms with Crippen molar-refractivity contribution in [2.45, 2.75) is 44.2 Å². The van der Waals surface area contributed by atoms with Crippen LogP contribution in [0.1, 0.15) is 42.9 Å². The lowest BCUT2D eigenvalue weighted by Crippen LogP contribution is -2.52. The van der Waals surface area contributed by atoms with Crippen LogP contribution in [0.15, 0.2) is 36.4 Å². The molecule has 1 N–H and O–H groups in total. The van der Waals surface area contributed by atoms with Crippen molar-refractivity contribution in [3.05, 3.63) is 47.5 Å². The number of carbonyl (C=O) groups is 1. The number of amides is 1. The first-order valence-corrected chi connectivity index (χ1v) is 12.0. The van der Waals surface area contributed by atoms with Crippen LogP contribution >= 0.6 is 0 Å². The van der Waals surface area contributed by atoms with Crippen LogP contribution < -0.4 is 14.8 Å². The highest BCUT2D eigenvalue weighted by molar-refractivity contribution is 5.70. The zero-order valence-corrected chi connectivity index (χ0v) is 18.3. The number of benzene rings is 2. The van der Waals surface area contributed by atoms with Crippen molar-refractivity contribution in [1.82, 2.24) is 10.2 Å².